The average Bonchev–Trinajstić information content (AvgIpc) is 3.10. The summed E-state index contributed by atoms with van der Waals surface area (Å²) in [4.78, 5) is 35.8. The van der Waals surface area contributed by atoms with Gasteiger partial charge in [-0.2, -0.15) is 0 Å². The number of carbonyl (C=O) groups excluding carboxylic acids is 2. The molecule has 0 radical (unpaired) electrons. The highest BCUT2D eigenvalue weighted by molar-refractivity contribution is 5.90. The molecular formula is C21H24NO6-. The van der Waals surface area contributed by atoms with Crippen molar-refractivity contribution in [2.75, 3.05) is 0 Å². The number of hydrogen-bond donors (Lipinski definition) is 1. The van der Waals surface area contributed by atoms with Gasteiger partial charge in [-0.1, -0.05) is 13.3 Å². The Balaban J connectivity index is 1.91. The van der Waals surface area contributed by atoms with Gasteiger partial charge in [-0.05, 0) is 62.8 Å². The third-order valence-corrected chi connectivity index (χ3v) is 5.03. The van der Waals surface area contributed by atoms with E-state index in [0.29, 0.717) is 35.1 Å². The van der Waals surface area contributed by atoms with Crippen molar-refractivity contribution in [1.82, 2.24) is 5.32 Å². The number of nitrogens with one attached hydrogen (secondary N) is 1. The maximum atomic E-state index is 12.4. The average molecular weight is 386 g/mol. The highest BCUT2D eigenvalue weighted by atomic mass is 16.5. The Kier molecular flexibility index (Phi) is 5.72. The molecule has 150 valence electrons. The summed E-state index contributed by atoms with van der Waals surface area (Å²) < 4.78 is 11.4. The highest BCUT2D eigenvalue weighted by Crippen LogP contribution is 2.35. The fourth-order valence-corrected chi connectivity index (χ4v) is 3.67. The van der Waals surface area contributed by atoms with Gasteiger partial charge in [-0.3, -0.25) is 4.79 Å². The number of carbonyl (C=O) groups is 2. The minimum absolute atomic E-state index is 0.285. The van der Waals surface area contributed by atoms with Gasteiger partial charge in [0.2, 0.25) is 0 Å². The third-order valence-electron chi connectivity index (χ3n) is 5.03. The van der Waals surface area contributed by atoms with E-state index in [0.717, 1.165) is 24.0 Å². The van der Waals surface area contributed by atoms with E-state index in [4.69, 9.17) is 9.15 Å². The first-order chi connectivity index (χ1) is 13.3. The zero-order valence-electron chi connectivity index (χ0n) is 16.3. The largest absolute Gasteiger partial charge is 0.548 e. The molecule has 0 unspecified atom stereocenters. The molecule has 1 aromatic carbocycles. The number of hydrogen-bond acceptors (Lipinski definition) is 6. The molecule has 1 heterocycles. The van der Waals surface area contributed by atoms with Crippen LogP contribution in [0.3, 0.4) is 0 Å². The molecule has 1 aliphatic carbocycles. The van der Waals surface area contributed by atoms with Crippen molar-refractivity contribution in [1.29, 1.82) is 0 Å². The lowest BCUT2D eigenvalue weighted by Gasteiger charge is -2.22. The van der Waals surface area contributed by atoms with Crippen LogP contribution < -0.4 is 20.8 Å². The third kappa shape index (κ3) is 3.88. The number of aliphatic carboxylic acids is 1. The molecule has 0 saturated carbocycles. The Hall–Kier alpha value is -2.83. The Morgan fingerprint density at radius 3 is 2.68 bits per heavy atom. The molecule has 0 saturated heterocycles. The number of rotatable bonds is 7. The van der Waals surface area contributed by atoms with Crippen molar-refractivity contribution in [2.24, 2.45) is 0 Å². The fraction of sp³-hybridized carbons (Fsp3) is 0.476. The number of benzene rings is 1. The quantitative estimate of drug-likeness (QED) is 0.721. The number of amides is 1. The highest BCUT2D eigenvalue weighted by Gasteiger charge is 2.25. The van der Waals surface area contributed by atoms with E-state index < -0.39 is 24.0 Å². The van der Waals surface area contributed by atoms with E-state index in [9.17, 15) is 19.5 Å². The van der Waals surface area contributed by atoms with Gasteiger partial charge >= 0.3 is 5.63 Å². The summed E-state index contributed by atoms with van der Waals surface area (Å²) in [6.07, 6.45) is 2.25. The van der Waals surface area contributed by atoms with Crippen LogP contribution in [0.2, 0.25) is 0 Å². The number of ether oxygens (including phenoxy) is 1. The molecular weight excluding hydrogens is 362 g/mol. The van der Waals surface area contributed by atoms with E-state index in [1.165, 1.54) is 0 Å². The van der Waals surface area contributed by atoms with Crippen LogP contribution in [0.25, 0.3) is 11.0 Å². The van der Waals surface area contributed by atoms with Gasteiger partial charge in [0.05, 0.1) is 17.4 Å². The molecule has 7 heteroatoms. The van der Waals surface area contributed by atoms with Crippen LogP contribution in [0, 0.1) is 6.92 Å². The summed E-state index contributed by atoms with van der Waals surface area (Å²) in [7, 11) is 0. The van der Waals surface area contributed by atoms with Gasteiger partial charge in [0.1, 0.15) is 11.3 Å². The molecule has 1 N–H and O–H groups in total. The van der Waals surface area contributed by atoms with Crippen molar-refractivity contribution in [2.45, 2.75) is 65.0 Å². The molecule has 0 aliphatic heterocycles. The standard InChI is InChI=1S/C21H25NO6/c1-4-6-15(20(24)25)22-19(23)12(3)27-16-9-11(2)10-17-18(16)13-7-5-8-14(13)21(26)28-17/h9-10,12,15H,4-8H2,1-3H3,(H,22,23)(H,24,25)/p-1/t12-,15+/m1/s1. The first-order valence-corrected chi connectivity index (χ1v) is 9.59. The van der Waals surface area contributed by atoms with E-state index in [1.807, 2.05) is 13.8 Å². The molecule has 28 heavy (non-hydrogen) atoms. The van der Waals surface area contributed by atoms with Crippen LogP contribution in [-0.2, 0) is 22.4 Å². The van der Waals surface area contributed by atoms with Crippen molar-refractivity contribution in [3.05, 3.63) is 39.2 Å². The van der Waals surface area contributed by atoms with Crippen LogP contribution >= 0.6 is 0 Å². The lowest BCUT2D eigenvalue weighted by atomic mass is 10.0. The molecule has 3 rings (SSSR count). The number of fused-ring (bicyclic) bond motifs is 3. The van der Waals surface area contributed by atoms with E-state index >= 15 is 0 Å². The van der Waals surface area contributed by atoms with Gasteiger partial charge in [0.15, 0.2) is 6.10 Å². The summed E-state index contributed by atoms with van der Waals surface area (Å²) in [5.74, 6) is -1.39. The van der Waals surface area contributed by atoms with Crippen LogP contribution in [0.5, 0.6) is 5.75 Å². The molecule has 1 aromatic heterocycles. The van der Waals surface area contributed by atoms with Gasteiger partial charge in [0.25, 0.3) is 5.91 Å². The zero-order chi connectivity index (χ0) is 20.4. The SMILES string of the molecule is CCC[C@H](NC(=O)[C@@H](C)Oc1cc(C)cc2oc(=O)c3c(c12)CCC3)C(=O)[O-]. The first-order valence-electron chi connectivity index (χ1n) is 9.59. The van der Waals surface area contributed by atoms with Crippen LogP contribution in [0.4, 0.5) is 0 Å². The van der Waals surface area contributed by atoms with E-state index in [-0.39, 0.29) is 12.0 Å². The molecule has 2 atom stereocenters. The van der Waals surface area contributed by atoms with Crippen molar-refractivity contribution in [3.63, 3.8) is 0 Å². The van der Waals surface area contributed by atoms with Gasteiger partial charge in [0, 0.05) is 5.56 Å². The summed E-state index contributed by atoms with van der Waals surface area (Å²) in [6, 6.07) is 2.52. The molecule has 1 aliphatic rings. The Morgan fingerprint density at radius 1 is 1.29 bits per heavy atom. The number of carboxylic acids is 1. The van der Waals surface area contributed by atoms with Gasteiger partial charge in [-0.25, -0.2) is 4.79 Å². The topological polar surface area (TPSA) is 109 Å². The summed E-state index contributed by atoms with van der Waals surface area (Å²) >= 11 is 0. The fourth-order valence-electron chi connectivity index (χ4n) is 3.67. The monoisotopic (exact) mass is 386 g/mol. The smallest absolute Gasteiger partial charge is 0.339 e. The summed E-state index contributed by atoms with van der Waals surface area (Å²) in [5, 5.41) is 14.3. The normalized spacial score (nSPS) is 15.1. The summed E-state index contributed by atoms with van der Waals surface area (Å²) in [6.45, 7) is 5.23. The second kappa shape index (κ2) is 8.04. The lowest BCUT2D eigenvalue weighted by Crippen LogP contribution is -2.51. The Morgan fingerprint density at radius 2 is 2.00 bits per heavy atom. The van der Waals surface area contributed by atoms with Crippen LogP contribution in [-0.4, -0.2) is 24.0 Å². The second-order valence-corrected chi connectivity index (χ2v) is 7.27. The second-order valence-electron chi connectivity index (χ2n) is 7.27. The predicted molar refractivity (Wildman–Crippen MR) is 101 cm³/mol. The molecule has 1 amide bonds. The number of carboxylic acid groups (broad SMARTS) is 1. The van der Waals surface area contributed by atoms with Crippen molar-refractivity contribution < 1.29 is 23.8 Å². The first kappa shape index (κ1) is 19.9. The molecule has 0 bridgehead atoms. The van der Waals surface area contributed by atoms with Gasteiger partial charge < -0.3 is 24.4 Å². The van der Waals surface area contributed by atoms with Crippen LogP contribution in [0.1, 0.15) is 49.8 Å². The molecule has 2 aromatic rings. The van der Waals surface area contributed by atoms with E-state index in [2.05, 4.69) is 5.32 Å². The van der Waals surface area contributed by atoms with E-state index in [1.54, 1.807) is 19.1 Å². The minimum atomic E-state index is -1.32. The summed E-state index contributed by atoms with van der Waals surface area (Å²) in [5.41, 5.74) is 2.52. The minimum Gasteiger partial charge on any atom is -0.548 e. The predicted octanol–water partition coefficient (Wildman–Crippen LogP) is 1.39. The molecule has 0 spiro atoms. The Labute approximate surface area is 162 Å². The van der Waals surface area contributed by atoms with Crippen molar-refractivity contribution >= 4 is 22.8 Å². The zero-order valence-corrected chi connectivity index (χ0v) is 16.3. The van der Waals surface area contributed by atoms with Gasteiger partial charge in [-0.15, -0.1) is 0 Å². The maximum Gasteiger partial charge on any atom is 0.339 e. The Bertz CT molecular complexity index is 977. The lowest BCUT2D eigenvalue weighted by molar-refractivity contribution is -0.308. The molecule has 7 nitrogen and oxygen atoms in total. The maximum absolute atomic E-state index is 12.4. The number of aryl methyl sites for hydroxylation is 2. The van der Waals surface area contributed by atoms with Crippen LogP contribution in [0.15, 0.2) is 21.3 Å². The molecule has 0 fully saturated rings. The van der Waals surface area contributed by atoms with Crippen molar-refractivity contribution in [3.8, 4) is 5.75 Å².